The number of hydrogen-bond acceptors (Lipinski definition) is 2. The minimum Gasteiger partial charge on any atom is -0.456 e. The van der Waals surface area contributed by atoms with Crippen LogP contribution in [0.5, 0.6) is 0 Å². The third-order valence-corrected chi connectivity index (χ3v) is 7.66. The monoisotopic (exact) mass is 445 g/mol. The first-order valence-corrected chi connectivity index (χ1v) is 12.3. The van der Waals surface area contributed by atoms with Crippen molar-refractivity contribution in [1.29, 1.82) is 0 Å². The molecule has 5 aromatic rings. The van der Waals surface area contributed by atoms with E-state index in [9.17, 15) is 0 Å². The second kappa shape index (κ2) is 7.06. The molecule has 0 spiro atoms. The van der Waals surface area contributed by atoms with Crippen LogP contribution in [0.15, 0.2) is 59.0 Å². The number of aromatic nitrogens is 1. The van der Waals surface area contributed by atoms with Gasteiger partial charge in [-0.1, -0.05) is 58.0 Å². The Morgan fingerprint density at radius 1 is 0.824 bits per heavy atom. The molecule has 3 aromatic carbocycles. The van der Waals surface area contributed by atoms with E-state index >= 15 is 0 Å². The highest BCUT2D eigenvalue weighted by molar-refractivity contribution is 5.97. The molecule has 0 atom stereocenters. The minimum absolute atomic E-state index is 0.185. The van der Waals surface area contributed by atoms with Gasteiger partial charge in [0.1, 0.15) is 11.3 Å². The smallest absolute Gasteiger partial charge is 0.139 e. The number of fused-ring (bicyclic) bond motifs is 6. The Balaban J connectivity index is 1.62. The van der Waals surface area contributed by atoms with Gasteiger partial charge < -0.3 is 4.42 Å². The van der Waals surface area contributed by atoms with E-state index in [-0.39, 0.29) is 5.41 Å². The highest BCUT2D eigenvalue weighted by Gasteiger charge is 2.42. The fourth-order valence-corrected chi connectivity index (χ4v) is 6.16. The Bertz CT molecular complexity index is 1630. The second-order valence-electron chi connectivity index (χ2n) is 10.9. The van der Waals surface area contributed by atoms with Crippen LogP contribution in [0.4, 0.5) is 0 Å². The molecule has 0 aliphatic heterocycles. The molecule has 0 bridgehead atoms. The van der Waals surface area contributed by atoms with E-state index in [0.717, 1.165) is 22.6 Å². The lowest BCUT2D eigenvalue weighted by Gasteiger charge is -2.24. The molecule has 1 aliphatic rings. The summed E-state index contributed by atoms with van der Waals surface area (Å²) in [6.07, 6.45) is 0. The van der Waals surface area contributed by atoms with Crippen molar-refractivity contribution in [2.75, 3.05) is 0 Å². The summed E-state index contributed by atoms with van der Waals surface area (Å²) >= 11 is 0. The van der Waals surface area contributed by atoms with Crippen LogP contribution in [0.25, 0.3) is 44.5 Å². The molecule has 0 saturated heterocycles. The Hall–Kier alpha value is -3.39. The van der Waals surface area contributed by atoms with E-state index in [0.29, 0.717) is 5.92 Å². The lowest BCUT2D eigenvalue weighted by Crippen LogP contribution is -2.16. The zero-order valence-electron chi connectivity index (χ0n) is 21.1. The maximum atomic E-state index is 6.50. The van der Waals surface area contributed by atoms with Crippen LogP contribution in [-0.4, -0.2) is 4.98 Å². The maximum absolute atomic E-state index is 6.50. The SMILES string of the molecule is Cc1cc(C)c2c(C)cc(-c3cccc4c3C(C)(C)c3c-4oc4ccc(C(C)C)cc34)nc2c1. The normalized spacial score (nSPS) is 14.2. The number of aryl methyl sites for hydroxylation is 3. The van der Waals surface area contributed by atoms with Gasteiger partial charge in [-0.05, 0) is 78.8 Å². The summed E-state index contributed by atoms with van der Waals surface area (Å²) in [6, 6.07) is 20.0. The fourth-order valence-electron chi connectivity index (χ4n) is 6.16. The number of furan rings is 1. The van der Waals surface area contributed by atoms with Crippen LogP contribution >= 0.6 is 0 Å². The van der Waals surface area contributed by atoms with E-state index < -0.39 is 0 Å². The van der Waals surface area contributed by atoms with Crippen molar-refractivity contribution in [2.45, 2.75) is 59.8 Å². The van der Waals surface area contributed by atoms with Gasteiger partial charge in [-0.25, -0.2) is 4.98 Å². The van der Waals surface area contributed by atoms with Gasteiger partial charge >= 0.3 is 0 Å². The van der Waals surface area contributed by atoms with Gasteiger partial charge in [0.25, 0.3) is 0 Å². The number of hydrogen-bond donors (Lipinski definition) is 0. The summed E-state index contributed by atoms with van der Waals surface area (Å²) in [6.45, 7) is 15.7. The van der Waals surface area contributed by atoms with Crippen LogP contribution in [0.3, 0.4) is 0 Å². The summed E-state index contributed by atoms with van der Waals surface area (Å²) in [5.41, 5.74) is 13.1. The van der Waals surface area contributed by atoms with E-state index in [4.69, 9.17) is 9.40 Å². The molecule has 170 valence electrons. The van der Waals surface area contributed by atoms with E-state index in [1.165, 1.54) is 55.3 Å². The van der Waals surface area contributed by atoms with Gasteiger partial charge in [0.15, 0.2) is 0 Å². The third-order valence-electron chi connectivity index (χ3n) is 7.66. The van der Waals surface area contributed by atoms with Crippen LogP contribution in [0.2, 0.25) is 0 Å². The highest BCUT2D eigenvalue weighted by atomic mass is 16.3. The summed E-state index contributed by atoms with van der Waals surface area (Å²) in [5, 5.41) is 2.50. The van der Waals surface area contributed by atoms with E-state index in [1.807, 2.05) is 0 Å². The molecular formula is C32H31NO. The maximum Gasteiger partial charge on any atom is 0.139 e. The molecule has 2 aromatic heterocycles. The largest absolute Gasteiger partial charge is 0.456 e. The Morgan fingerprint density at radius 3 is 2.32 bits per heavy atom. The molecule has 34 heavy (non-hydrogen) atoms. The average Bonchev–Trinajstić information content (AvgIpc) is 3.26. The molecule has 6 rings (SSSR count). The van der Waals surface area contributed by atoms with Crippen LogP contribution in [0, 0.1) is 20.8 Å². The van der Waals surface area contributed by atoms with E-state index in [2.05, 4.69) is 103 Å². The number of nitrogens with zero attached hydrogens (tertiary/aromatic N) is 1. The van der Waals surface area contributed by atoms with Crippen molar-refractivity contribution in [3.05, 3.63) is 88.0 Å². The topological polar surface area (TPSA) is 26.0 Å². The number of benzene rings is 3. The lowest BCUT2D eigenvalue weighted by molar-refractivity contribution is 0.619. The second-order valence-corrected chi connectivity index (χ2v) is 10.9. The molecule has 0 amide bonds. The number of pyridine rings is 1. The molecule has 0 N–H and O–H groups in total. The highest BCUT2D eigenvalue weighted by Crippen LogP contribution is 2.55. The zero-order chi connectivity index (χ0) is 23.9. The molecule has 0 saturated carbocycles. The van der Waals surface area contributed by atoms with Crippen LogP contribution in [0.1, 0.15) is 67.0 Å². The molecule has 2 heterocycles. The summed E-state index contributed by atoms with van der Waals surface area (Å²) in [4.78, 5) is 5.19. The lowest BCUT2D eigenvalue weighted by atomic mass is 9.78. The van der Waals surface area contributed by atoms with Gasteiger partial charge in [-0.3, -0.25) is 0 Å². The van der Waals surface area contributed by atoms with Crippen LogP contribution in [-0.2, 0) is 5.41 Å². The van der Waals surface area contributed by atoms with Crippen molar-refractivity contribution in [3.8, 4) is 22.6 Å². The fraction of sp³-hybridized carbons (Fsp3) is 0.281. The van der Waals surface area contributed by atoms with Crippen molar-refractivity contribution in [1.82, 2.24) is 4.98 Å². The number of rotatable bonds is 2. The molecule has 0 radical (unpaired) electrons. The predicted octanol–water partition coefficient (Wildman–Crippen LogP) is 9.00. The summed E-state index contributed by atoms with van der Waals surface area (Å²) < 4.78 is 6.50. The first-order valence-electron chi connectivity index (χ1n) is 12.3. The molecule has 0 unspecified atom stereocenters. The zero-order valence-corrected chi connectivity index (χ0v) is 21.1. The first-order chi connectivity index (χ1) is 16.2. The Morgan fingerprint density at radius 2 is 1.56 bits per heavy atom. The molecule has 2 heteroatoms. The molecular weight excluding hydrogens is 414 g/mol. The first kappa shape index (κ1) is 21.2. The van der Waals surface area contributed by atoms with Gasteiger partial charge in [0.05, 0.1) is 11.2 Å². The van der Waals surface area contributed by atoms with Crippen molar-refractivity contribution < 1.29 is 4.42 Å². The predicted molar refractivity (Wildman–Crippen MR) is 143 cm³/mol. The van der Waals surface area contributed by atoms with Crippen LogP contribution < -0.4 is 0 Å². The average molecular weight is 446 g/mol. The minimum atomic E-state index is -0.185. The summed E-state index contributed by atoms with van der Waals surface area (Å²) in [7, 11) is 0. The van der Waals surface area contributed by atoms with Gasteiger partial charge in [-0.15, -0.1) is 0 Å². The Labute approximate surface area is 201 Å². The molecule has 1 aliphatic carbocycles. The van der Waals surface area contributed by atoms with Crippen molar-refractivity contribution in [3.63, 3.8) is 0 Å². The van der Waals surface area contributed by atoms with E-state index in [1.54, 1.807) is 0 Å². The molecule has 2 nitrogen and oxygen atoms in total. The van der Waals surface area contributed by atoms with Gasteiger partial charge in [-0.2, -0.15) is 0 Å². The van der Waals surface area contributed by atoms with Crippen molar-refractivity contribution in [2.24, 2.45) is 0 Å². The molecule has 0 fully saturated rings. The standard InChI is InChI=1S/C32H31NO/c1-17(2)21-11-12-27-24(16-21)30-31(34-27)23-10-8-9-22(29(23)32(30,6)7)25-15-20(5)28-19(4)13-18(3)14-26(28)33-25/h8-17H,1-7H3. The summed E-state index contributed by atoms with van der Waals surface area (Å²) in [5.74, 6) is 1.50. The Kier molecular flexibility index (Phi) is 4.39. The quantitative estimate of drug-likeness (QED) is 0.271. The third kappa shape index (κ3) is 2.84. The van der Waals surface area contributed by atoms with Gasteiger partial charge in [0.2, 0.25) is 0 Å². The van der Waals surface area contributed by atoms with Gasteiger partial charge in [0, 0.05) is 32.9 Å². The van der Waals surface area contributed by atoms with Crippen molar-refractivity contribution >= 4 is 21.9 Å².